The lowest BCUT2D eigenvalue weighted by Gasteiger charge is -2.12. The van der Waals surface area contributed by atoms with Gasteiger partial charge in [0.15, 0.2) is 0 Å². The van der Waals surface area contributed by atoms with Gasteiger partial charge in [-0.25, -0.2) is 8.42 Å². The molecule has 0 saturated carbocycles. The highest BCUT2D eigenvalue weighted by molar-refractivity contribution is 7.94. The van der Waals surface area contributed by atoms with Gasteiger partial charge in [0.2, 0.25) is 0 Å². The maximum absolute atomic E-state index is 12.3. The predicted molar refractivity (Wildman–Crippen MR) is 101 cm³/mol. The molecule has 0 saturated heterocycles. The lowest BCUT2D eigenvalue weighted by atomic mass is 10.1. The third-order valence-electron chi connectivity index (χ3n) is 3.69. The van der Waals surface area contributed by atoms with Crippen molar-refractivity contribution in [2.75, 3.05) is 4.72 Å². The van der Waals surface area contributed by atoms with Gasteiger partial charge in [0, 0.05) is 11.3 Å². The standard InChI is InChI=1S/C18H18N2O4S2/c1-12-5-10-16(24-12)13(2)19-18(21)14-6-8-15(9-7-14)20-26(22,23)17-4-3-11-25-17/h3-11,13,20H,1-2H3,(H,19,21). The second-order valence-corrected chi connectivity index (χ2v) is 8.62. The van der Waals surface area contributed by atoms with Crippen molar-refractivity contribution in [2.45, 2.75) is 24.1 Å². The van der Waals surface area contributed by atoms with Crippen molar-refractivity contribution in [1.29, 1.82) is 0 Å². The van der Waals surface area contributed by atoms with Crippen LogP contribution in [0.4, 0.5) is 5.69 Å². The molecule has 136 valence electrons. The van der Waals surface area contributed by atoms with Gasteiger partial charge in [-0.2, -0.15) is 0 Å². The first-order chi connectivity index (χ1) is 12.3. The summed E-state index contributed by atoms with van der Waals surface area (Å²) < 4.78 is 32.6. The van der Waals surface area contributed by atoms with Crippen molar-refractivity contribution >= 4 is 33.0 Å². The summed E-state index contributed by atoms with van der Waals surface area (Å²) in [5, 5.41) is 4.54. The fourth-order valence-corrected chi connectivity index (χ4v) is 4.40. The van der Waals surface area contributed by atoms with Crippen LogP contribution in [0.3, 0.4) is 0 Å². The van der Waals surface area contributed by atoms with Gasteiger partial charge >= 0.3 is 0 Å². The van der Waals surface area contributed by atoms with Crippen molar-refractivity contribution in [2.24, 2.45) is 0 Å². The Labute approximate surface area is 155 Å². The minimum Gasteiger partial charge on any atom is -0.464 e. The summed E-state index contributed by atoms with van der Waals surface area (Å²) in [5.41, 5.74) is 0.823. The molecule has 2 aromatic heterocycles. The van der Waals surface area contributed by atoms with Crippen LogP contribution >= 0.6 is 11.3 Å². The zero-order chi connectivity index (χ0) is 18.7. The maximum atomic E-state index is 12.3. The molecule has 1 aromatic carbocycles. The van der Waals surface area contributed by atoms with E-state index in [4.69, 9.17) is 4.42 Å². The quantitative estimate of drug-likeness (QED) is 0.667. The van der Waals surface area contributed by atoms with E-state index in [2.05, 4.69) is 10.0 Å². The Morgan fingerprint density at radius 2 is 1.85 bits per heavy atom. The van der Waals surface area contributed by atoms with Crippen LogP contribution in [0.5, 0.6) is 0 Å². The van der Waals surface area contributed by atoms with Gasteiger partial charge in [-0.05, 0) is 61.7 Å². The number of furan rings is 1. The SMILES string of the molecule is Cc1ccc(C(C)NC(=O)c2ccc(NS(=O)(=O)c3cccs3)cc2)o1. The molecule has 8 heteroatoms. The molecule has 0 aliphatic carbocycles. The molecule has 3 rings (SSSR count). The molecule has 0 bridgehead atoms. The fraction of sp³-hybridized carbons (Fsp3) is 0.167. The van der Waals surface area contributed by atoms with E-state index in [1.54, 1.807) is 35.7 Å². The van der Waals surface area contributed by atoms with Crippen LogP contribution in [0, 0.1) is 6.92 Å². The van der Waals surface area contributed by atoms with Gasteiger partial charge in [0.25, 0.3) is 15.9 Å². The molecule has 0 fully saturated rings. The van der Waals surface area contributed by atoms with Crippen molar-refractivity contribution in [3.05, 3.63) is 71.0 Å². The molecule has 2 N–H and O–H groups in total. The van der Waals surface area contributed by atoms with E-state index < -0.39 is 10.0 Å². The molecule has 1 unspecified atom stereocenters. The Morgan fingerprint density at radius 1 is 1.12 bits per heavy atom. The second-order valence-electron chi connectivity index (χ2n) is 5.76. The average Bonchev–Trinajstić information content (AvgIpc) is 3.27. The highest BCUT2D eigenvalue weighted by Gasteiger charge is 2.17. The fourth-order valence-electron chi connectivity index (χ4n) is 2.35. The van der Waals surface area contributed by atoms with Crippen LogP contribution in [0.25, 0.3) is 0 Å². The Balaban J connectivity index is 1.66. The topological polar surface area (TPSA) is 88.4 Å². The number of benzene rings is 1. The number of hydrogen-bond acceptors (Lipinski definition) is 5. The Kier molecular flexibility index (Phi) is 5.15. The Morgan fingerprint density at radius 3 is 2.42 bits per heavy atom. The summed E-state index contributed by atoms with van der Waals surface area (Å²) in [5.74, 6) is 1.19. The third-order valence-corrected chi connectivity index (χ3v) is 6.47. The van der Waals surface area contributed by atoms with E-state index in [-0.39, 0.29) is 16.2 Å². The molecular weight excluding hydrogens is 372 g/mol. The zero-order valence-electron chi connectivity index (χ0n) is 14.2. The van der Waals surface area contributed by atoms with Crippen molar-refractivity contribution < 1.29 is 17.6 Å². The number of aryl methyl sites for hydroxylation is 1. The number of sulfonamides is 1. The number of thiophene rings is 1. The second kappa shape index (κ2) is 7.35. The predicted octanol–water partition coefficient (Wildman–Crippen LogP) is 3.94. The summed E-state index contributed by atoms with van der Waals surface area (Å²) in [6.07, 6.45) is 0. The van der Waals surface area contributed by atoms with Crippen LogP contribution in [-0.4, -0.2) is 14.3 Å². The normalized spacial score (nSPS) is 12.5. The Hall–Kier alpha value is -2.58. The molecule has 3 aromatic rings. The maximum Gasteiger partial charge on any atom is 0.271 e. The minimum atomic E-state index is -3.60. The van der Waals surface area contributed by atoms with Gasteiger partial charge in [-0.3, -0.25) is 9.52 Å². The zero-order valence-corrected chi connectivity index (χ0v) is 15.9. The van der Waals surface area contributed by atoms with Gasteiger partial charge in [-0.1, -0.05) is 6.07 Å². The van der Waals surface area contributed by atoms with E-state index in [1.807, 2.05) is 26.0 Å². The molecule has 0 aliphatic rings. The monoisotopic (exact) mass is 390 g/mol. The van der Waals surface area contributed by atoms with Crippen molar-refractivity contribution in [3.8, 4) is 0 Å². The molecule has 1 amide bonds. The van der Waals surface area contributed by atoms with E-state index in [0.717, 1.165) is 17.1 Å². The molecule has 26 heavy (non-hydrogen) atoms. The number of carbonyl (C=O) groups is 1. The molecule has 0 radical (unpaired) electrons. The lowest BCUT2D eigenvalue weighted by molar-refractivity contribution is 0.0935. The summed E-state index contributed by atoms with van der Waals surface area (Å²) in [6, 6.07) is 12.9. The largest absolute Gasteiger partial charge is 0.464 e. The summed E-state index contributed by atoms with van der Waals surface area (Å²) in [6.45, 7) is 3.67. The molecule has 1 atom stereocenters. The van der Waals surface area contributed by atoms with E-state index >= 15 is 0 Å². The smallest absolute Gasteiger partial charge is 0.271 e. The van der Waals surface area contributed by atoms with Crippen LogP contribution in [0.2, 0.25) is 0 Å². The van der Waals surface area contributed by atoms with Crippen LogP contribution in [-0.2, 0) is 10.0 Å². The number of rotatable bonds is 6. The first-order valence-corrected chi connectivity index (χ1v) is 10.2. The molecular formula is C18H18N2O4S2. The number of anilines is 1. The average molecular weight is 390 g/mol. The molecule has 0 aliphatic heterocycles. The van der Waals surface area contributed by atoms with Gasteiger partial charge in [0.05, 0.1) is 6.04 Å². The van der Waals surface area contributed by atoms with Crippen LogP contribution in [0.15, 0.2) is 62.5 Å². The number of hydrogen-bond donors (Lipinski definition) is 2. The summed E-state index contributed by atoms with van der Waals surface area (Å²) >= 11 is 1.14. The number of amides is 1. The van der Waals surface area contributed by atoms with E-state index in [0.29, 0.717) is 17.0 Å². The highest BCUT2D eigenvalue weighted by Crippen LogP contribution is 2.21. The van der Waals surface area contributed by atoms with Crippen LogP contribution < -0.4 is 10.0 Å². The van der Waals surface area contributed by atoms with Gasteiger partial charge in [0.1, 0.15) is 15.7 Å². The molecule has 6 nitrogen and oxygen atoms in total. The van der Waals surface area contributed by atoms with E-state index in [1.165, 1.54) is 6.07 Å². The Bertz CT molecular complexity index is 990. The first kappa shape index (κ1) is 18.2. The van der Waals surface area contributed by atoms with Gasteiger partial charge in [-0.15, -0.1) is 11.3 Å². The van der Waals surface area contributed by atoms with Gasteiger partial charge < -0.3 is 9.73 Å². The number of nitrogens with one attached hydrogen (secondary N) is 2. The highest BCUT2D eigenvalue weighted by atomic mass is 32.2. The van der Waals surface area contributed by atoms with Crippen LogP contribution in [0.1, 0.15) is 34.8 Å². The minimum absolute atomic E-state index is 0.238. The van der Waals surface area contributed by atoms with E-state index in [9.17, 15) is 13.2 Å². The van der Waals surface area contributed by atoms with Crippen molar-refractivity contribution in [3.63, 3.8) is 0 Å². The first-order valence-electron chi connectivity index (χ1n) is 7.89. The van der Waals surface area contributed by atoms with Crippen molar-refractivity contribution in [1.82, 2.24) is 5.32 Å². The molecule has 0 spiro atoms. The lowest BCUT2D eigenvalue weighted by Crippen LogP contribution is -2.26. The summed E-state index contributed by atoms with van der Waals surface area (Å²) in [4.78, 5) is 12.3. The third kappa shape index (κ3) is 4.14. The molecule has 2 heterocycles. The summed E-state index contributed by atoms with van der Waals surface area (Å²) in [7, 11) is -3.60. The number of carbonyl (C=O) groups excluding carboxylic acids is 1.